The summed E-state index contributed by atoms with van der Waals surface area (Å²) in [5.74, 6) is -0.676. The molecule has 0 amide bonds. The smallest absolute Gasteiger partial charge is 0.358 e. The second kappa shape index (κ2) is 4.56. The summed E-state index contributed by atoms with van der Waals surface area (Å²) in [5, 5.41) is 9.62. The maximum atomic E-state index is 11.7. The van der Waals surface area contributed by atoms with Crippen molar-refractivity contribution in [1.82, 2.24) is 0 Å². The number of aliphatic hydroxyl groups excluding tert-OH is 1. The van der Waals surface area contributed by atoms with Gasteiger partial charge >= 0.3 is 7.60 Å². The van der Waals surface area contributed by atoms with Crippen molar-refractivity contribution >= 4 is 7.60 Å². The Bertz CT molecular complexity index is 192. The van der Waals surface area contributed by atoms with Gasteiger partial charge in [-0.1, -0.05) is 0 Å². The standard InChI is InChI=1S/C8H12O4P/c1-11-13(10,12-2)8(9)7-5-3-4-6-7/h3-6,8-9H,1-2H3. The predicted molar refractivity (Wildman–Crippen MR) is 48.1 cm³/mol. The Balaban J connectivity index is 2.62. The summed E-state index contributed by atoms with van der Waals surface area (Å²) in [5.41, 5.74) is 0. The molecule has 73 valence electrons. The minimum Gasteiger partial charge on any atom is -0.380 e. The monoisotopic (exact) mass is 203 g/mol. The molecule has 5 heteroatoms. The molecule has 0 heterocycles. The molecule has 0 aromatic carbocycles. The van der Waals surface area contributed by atoms with Crippen LogP contribution < -0.4 is 0 Å². The molecule has 1 unspecified atom stereocenters. The average Bonchev–Trinajstić information content (AvgIpc) is 2.68. The topological polar surface area (TPSA) is 55.8 Å². The maximum Gasteiger partial charge on any atom is 0.358 e. The summed E-state index contributed by atoms with van der Waals surface area (Å²) in [6, 6.07) is 0. The molecule has 0 bridgehead atoms. The third kappa shape index (κ3) is 2.32. The average molecular weight is 203 g/mol. The third-order valence-corrected chi connectivity index (χ3v) is 3.71. The summed E-state index contributed by atoms with van der Waals surface area (Å²) < 4.78 is 21.0. The maximum absolute atomic E-state index is 11.7. The third-order valence-electron chi connectivity index (χ3n) is 1.80. The van der Waals surface area contributed by atoms with Crippen LogP contribution in [0.3, 0.4) is 0 Å². The van der Waals surface area contributed by atoms with Crippen LogP contribution in [0.15, 0.2) is 0 Å². The second-order valence-corrected chi connectivity index (χ2v) is 4.80. The zero-order valence-electron chi connectivity index (χ0n) is 7.51. The SMILES string of the molecule is COP(=O)(OC)C(O)[C]1[CH][CH][CH][CH]1. The Morgan fingerprint density at radius 2 is 1.77 bits per heavy atom. The largest absolute Gasteiger partial charge is 0.380 e. The van der Waals surface area contributed by atoms with E-state index in [-0.39, 0.29) is 0 Å². The van der Waals surface area contributed by atoms with E-state index in [4.69, 9.17) is 0 Å². The lowest BCUT2D eigenvalue weighted by Crippen LogP contribution is -2.18. The van der Waals surface area contributed by atoms with Gasteiger partial charge in [0.1, 0.15) is 0 Å². The van der Waals surface area contributed by atoms with Crippen LogP contribution in [0.4, 0.5) is 0 Å². The molecular weight excluding hydrogens is 191 g/mol. The molecule has 0 aromatic rings. The van der Waals surface area contributed by atoms with E-state index in [9.17, 15) is 9.67 Å². The summed E-state index contributed by atoms with van der Waals surface area (Å²) in [4.78, 5) is 0. The second-order valence-electron chi connectivity index (χ2n) is 2.50. The van der Waals surface area contributed by atoms with Crippen LogP contribution in [-0.2, 0) is 13.6 Å². The van der Waals surface area contributed by atoms with Crippen molar-refractivity contribution in [3.05, 3.63) is 31.6 Å². The first-order valence-electron chi connectivity index (χ1n) is 3.75. The summed E-state index contributed by atoms with van der Waals surface area (Å²) >= 11 is 0. The van der Waals surface area contributed by atoms with E-state index < -0.39 is 13.4 Å². The predicted octanol–water partition coefficient (Wildman–Crippen LogP) is 1.20. The molecule has 0 aliphatic heterocycles. The lowest BCUT2D eigenvalue weighted by molar-refractivity contribution is 0.186. The van der Waals surface area contributed by atoms with Crippen LogP contribution in [0.25, 0.3) is 0 Å². The number of hydrogen-bond donors (Lipinski definition) is 1. The van der Waals surface area contributed by atoms with Gasteiger partial charge in [-0.05, 0) is 25.7 Å². The van der Waals surface area contributed by atoms with Crippen molar-refractivity contribution in [3.8, 4) is 0 Å². The lowest BCUT2D eigenvalue weighted by Gasteiger charge is -2.23. The normalized spacial score (nSPS) is 22.1. The van der Waals surface area contributed by atoms with Crippen LogP contribution in [0.2, 0.25) is 0 Å². The first-order valence-corrected chi connectivity index (χ1v) is 5.36. The van der Waals surface area contributed by atoms with Gasteiger partial charge in [0.15, 0.2) is 5.85 Å². The van der Waals surface area contributed by atoms with Gasteiger partial charge < -0.3 is 14.2 Å². The molecule has 1 rings (SSSR count). The van der Waals surface area contributed by atoms with Crippen molar-refractivity contribution in [3.63, 3.8) is 0 Å². The van der Waals surface area contributed by atoms with E-state index >= 15 is 0 Å². The van der Waals surface area contributed by atoms with E-state index in [1.54, 1.807) is 25.7 Å². The van der Waals surface area contributed by atoms with E-state index in [0.29, 0.717) is 5.92 Å². The molecular formula is C8H12O4P. The molecule has 4 nitrogen and oxygen atoms in total. The van der Waals surface area contributed by atoms with Crippen molar-refractivity contribution in [1.29, 1.82) is 0 Å². The van der Waals surface area contributed by atoms with Crippen molar-refractivity contribution in [2.24, 2.45) is 0 Å². The highest BCUT2D eigenvalue weighted by Gasteiger charge is 2.40. The highest BCUT2D eigenvalue weighted by Crippen LogP contribution is 2.55. The van der Waals surface area contributed by atoms with Gasteiger partial charge in [0.2, 0.25) is 0 Å². The van der Waals surface area contributed by atoms with E-state index in [1.165, 1.54) is 14.2 Å². The van der Waals surface area contributed by atoms with Crippen LogP contribution >= 0.6 is 7.60 Å². The molecule has 0 spiro atoms. The molecule has 1 atom stereocenters. The zero-order chi connectivity index (χ0) is 9.90. The van der Waals surface area contributed by atoms with Gasteiger partial charge in [0, 0.05) is 20.1 Å². The fourth-order valence-electron chi connectivity index (χ4n) is 1.02. The minimum atomic E-state index is -3.41. The molecule has 1 aliphatic rings. The summed E-state index contributed by atoms with van der Waals surface area (Å²) in [6.07, 6.45) is 6.81. The molecule has 1 saturated carbocycles. The molecule has 0 aromatic heterocycles. The van der Waals surface area contributed by atoms with Crippen molar-refractivity contribution in [2.75, 3.05) is 14.2 Å². The van der Waals surface area contributed by atoms with Crippen molar-refractivity contribution < 1.29 is 18.7 Å². The first-order chi connectivity index (χ1) is 6.14. The molecule has 13 heavy (non-hydrogen) atoms. The number of aliphatic hydroxyl groups is 1. The van der Waals surface area contributed by atoms with Crippen LogP contribution in [0.1, 0.15) is 0 Å². The number of hydrogen-bond acceptors (Lipinski definition) is 4. The van der Waals surface area contributed by atoms with Gasteiger partial charge in [-0.2, -0.15) is 0 Å². The molecule has 1 aliphatic carbocycles. The number of rotatable bonds is 4. The lowest BCUT2D eigenvalue weighted by atomic mass is 10.1. The molecule has 5 radical (unpaired) electrons. The molecule has 0 saturated heterocycles. The van der Waals surface area contributed by atoms with Gasteiger partial charge in [0.05, 0.1) is 0 Å². The van der Waals surface area contributed by atoms with Crippen LogP contribution in [0.5, 0.6) is 0 Å². The Morgan fingerprint density at radius 3 is 2.15 bits per heavy atom. The molecule has 1 fully saturated rings. The van der Waals surface area contributed by atoms with Gasteiger partial charge in [0.25, 0.3) is 0 Å². The zero-order valence-corrected chi connectivity index (χ0v) is 8.40. The van der Waals surface area contributed by atoms with Crippen LogP contribution in [-0.4, -0.2) is 25.2 Å². The first kappa shape index (κ1) is 11.2. The van der Waals surface area contributed by atoms with Gasteiger partial charge in [-0.15, -0.1) is 0 Å². The quantitative estimate of drug-likeness (QED) is 0.697. The van der Waals surface area contributed by atoms with Gasteiger partial charge in [-0.3, -0.25) is 4.57 Å². The fourth-order valence-corrected chi connectivity index (χ4v) is 2.10. The summed E-state index contributed by atoms with van der Waals surface area (Å²) in [6.45, 7) is 0. The van der Waals surface area contributed by atoms with E-state index in [2.05, 4.69) is 9.05 Å². The Labute approximate surface area is 78.8 Å². The highest BCUT2D eigenvalue weighted by atomic mass is 31.2. The van der Waals surface area contributed by atoms with Crippen LogP contribution in [0, 0.1) is 31.6 Å². The van der Waals surface area contributed by atoms with E-state index in [0.717, 1.165) is 0 Å². The Kier molecular flexibility index (Phi) is 3.92. The fraction of sp³-hybridized carbons (Fsp3) is 0.375. The Morgan fingerprint density at radius 1 is 1.31 bits per heavy atom. The summed E-state index contributed by atoms with van der Waals surface area (Å²) in [7, 11) is -0.912. The van der Waals surface area contributed by atoms with Crippen molar-refractivity contribution in [2.45, 2.75) is 5.85 Å². The highest BCUT2D eigenvalue weighted by molar-refractivity contribution is 7.54. The minimum absolute atomic E-state index is 0.534. The van der Waals surface area contributed by atoms with Gasteiger partial charge in [-0.25, -0.2) is 0 Å². The van der Waals surface area contributed by atoms with E-state index in [1.807, 2.05) is 0 Å². The Hall–Kier alpha value is 0.110. The molecule has 1 N–H and O–H groups in total.